The molecule has 139 heavy (non-hydrogen) atoms. The maximum Gasteiger partial charge on any atom is 0.399 e. The Hall–Kier alpha value is -11.0. The average Bonchev–Trinajstić information content (AvgIpc) is 1.71. The molecule has 5 aliphatic heterocycles. The zero-order chi connectivity index (χ0) is 104. The zero-order valence-corrected chi connectivity index (χ0v) is 81.6. The van der Waals surface area contributed by atoms with Gasteiger partial charge in [-0.05, 0) is 194 Å². The predicted octanol–water partition coefficient (Wildman–Crippen LogP) is 15.8. The summed E-state index contributed by atoms with van der Waals surface area (Å²) >= 11 is 0. The van der Waals surface area contributed by atoms with Crippen LogP contribution in [0.2, 0.25) is 0 Å². The second-order valence-corrected chi connectivity index (χ2v) is 34.2. The molecule has 0 spiro atoms. The Labute approximate surface area is 810 Å². The lowest BCUT2D eigenvalue weighted by molar-refractivity contribution is -0.171. The molecule has 0 aromatic heterocycles. The number of carbonyl (C=O) groups is 3. The first-order valence-corrected chi connectivity index (χ1v) is 45.8. The summed E-state index contributed by atoms with van der Waals surface area (Å²) in [6.45, 7) is 16.0. The molecule has 5 unspecified atom stereocenters. The minimum absolute atomic E-state index is 0.0189. The van der Waals surface area contributed by atoms with Crippen LogP contribution in [0.4, 0.5) is 65.9 Å². The van der Waals surface area contributed by atoms with Crippen LogP contribution in [0.1, 0.15) is 74.4 Å². The van der Waals surface area contributed by atoms with Crippen molar-refractivity contribution in [3.8, 4) is 83.4 Å². The molecule has 760 valence electrons. The second kappa shape index (κ2) is 66.6. The first kappa shape index (κ1) is 124. The van der Waals surface area contributed by atoms with Gasteiger partial charge in [-0.15, -0.1) is 6.42 Å². The predicted molar refractivity (Wildman–Crippen MR) is 511 cm³/mol. The lowest BCUT2D eigenvalue weighted by Crippen LogP contribution is -2.34. The summed E-state index contributed by atoms with van der Waals surface area (Å²) in [4.78, 5) is 44.6. The molecule has 0 radical (unpaired) electrons. The van der Waals surface area contributed by atoms with Crippen molar-refractivity contribution in [2.45, 2.75) is 121 Å². The summed E-state index contributed by atoms with van der Waals surface area (Å²) in [5, 5.41) is 14.3. The minimum Gasteiger partial charge on any atom is -0.466 e. The average molecular weight is 1980 g/mol. The Morgan fingerprint density at radius 2 is 0.892 bits per heavy atom. The fourth-order valence-corrected chi connectivity index (χ4v) is 14.7. The van der Waals surface area contributed by atoms with Crippen LogP contribution in [0, 0.1) is 120 Å². The van der Waals surface area contributed by atoms with Crippen LogP contribution in [0.5, 0.6) is 0 Å². The Bertz CT molecular complexity index is 5130. The van der Waals surface area contributed by atoms with Gasteiger partial charge in [-0.2, -0.15) is 30.4 Å². The first-order valence-electron chi connectivity index (χ1n) is 44.4. The normalized spacial score (nSPS) is 18.0. The zero-order valence-electron chi connectivity index (χ0n) is 80.8. The van der Waals surface area contributed by atoms with E-state index in [2.05, 4.69) is 151 Å². The number of hydrogen-bond donors (Lipinski definition) is 3. The second-order valence-electron chi connectivity index (χ2n) is 32.6. The molecular formula is C104H128F15N9O10S. The van der Waals surface area contributed by atoms with Crippen molar-refractivity contribution in [3.05, 3.63) is 221 Å². The number of esters is 2. The third kappa shape index (κ3) is 53.8. The van der Waals surface area contributed by atoms with Gasteiger partial charge in [0.05, 0.1) is 87.9 Å². The number of aryl methyl sites for hydroxylation is 1. The van der Waals surface area contributed by atoms with Crippen molar-refractivity contribution in [2.75, 3.05) is 174 Å². The van der Waals surface area contributed by atoms with Crippen LogP contribution < -0.4 is 10.6 Å². The SMILES string of the molecule is C#CC#CC#CC#CC#CC#CC#CC.CCN(CC)Cc1ccccc1.CCOC(=O)C=C(F)F.CCOC(=O)CC(F)(F)F.CN(C)CC1CN(Cc2ccccc2)CC1(F)F.CN(C)CC1CNCC1(F)F.CNC.COCC(=O)C1CN(Cc2ccccc2)CC1(F)F.Cc1ccc(S(=O)(=O)OCC2CN(Cc3ccccc3)CC2(F)F)cc1.OCC1CN(Cc2ccccc2)CC1(F)F. The lowest BCUT2D eigenvalue weighted by Gasteiger charge is -2.21. The number of rotatable bonds is 28. The number of aliphatic hydroxyl groups is 1. The quantitative estimate of drug-likeness (QED) is 0.0138. The molecule has 0 saturated carbocycles. The van der Waals surface area contributed by atoms with Gasteiger partial charge in [-0.1, -0.05) is 189 Å². The Kier molecular flexibility index (Phi) is 59.5. The maximum atomic E-state index is 14.3. The molecule has 0 aliphatic carbocycles. The largest absolute Gasteiger partial charge is 0.466 e. The van der Waals surface area contributed by atoms with Gasteiger partial charge >= 0.3 is 18.1 Å². The number of carbonyl (C=O) groups excluding carboxylic acids is 3. The van der Waals surface area contributed by atoms with Crippen LogP contribution >= 0.6 is 0 Å². The van der Waals surface area contributed by atoms with E-state index in [0.717, 1.165) is 47.5 Å². The molecule has 3 N–H and O–H groups in total. The van der Waals surface area contributed by atoms with Crippen LogP contribution in [0.25, 0.3) is 0 Å². The van der Waals surface area contributed by atoms with E-state index in [0.29, 0.717) is 52.4 Å². The summed E-state index contributed by atoms with van der Waals surface area (Å²) in [6.07, 6.45) is -2.97. The maximum absolute atomic E-state index is 14.3. The van der Waals surface area contributed by atoms with Crippen LogP contribution in [-0.2, 0) is 75.6 Å². The number of halogens is 15. The van der Waals surface area contributed by atoms with E-state index in [4.69, 9.17) is 15.7 Å². The highest BCUT2D eigenvalue weighted by Gasteiger charge is 2.53. The van der Waals surface area contributed by atoms with Crippen molar-refractivity contribution in [3.63, 3.8) is 0 Å². The van der Waals surface area contributed by atoms with Gasteiger partial charge in [0.2, 0.25) is 0 Å². The van der Waals surface area contributed by atoms with Crippen molar-refractivity contribution in [1.29, 1.82) is 0 Å². The number of hydrogen-bond acceptors (Lipinski definition) is 19. The number of ketones is 1. The Balaban J connectivity index is 0.000000536. The summed E-state index contributed by atoms with van der Waals surface area (Å²) in [7, 11) is 8.36. The number of alkyl halides is 13. The first-order chi connectivity index (χ1) is 65.7. The summed E-state index contributed by atoms with van der Waals surface area (Å²) in [6, 6.07) is 54.8. The highest BCUT2D eigenvalue weighted by atomic mass is 32.2. The number of aliphatic hydroxyl groups excluding tert-OH is 1. The molecule has 35 heteroatoms. The topological polar surface area (TPSA) is 189 Å². The molecule has 5 saturated heterocycles. The Morgan fingerprint density at radius 3 is 1.24 bits per heavy atom. The number of benzene rings is 6. The van der Waals surface area contributed by atoms with Gasteiger partial charge < -0.3 is 39.8 Å². The van der Waals surface area contributed by atoms with Gasteiger partial charge in [-0.25, -0.2) is 48.7 Å². The molecule has 5 heterocycles. The van der Waals surface area contributed by atoms with Gasteiger partial charge in [0.1, 0.15) is 13.0 Å². The van der Waals surface area contributed by atoms with E-state index in [9.17, 15) is 88.7 Å². The van der Waals surface area contributed by atoms with Gasteiger partial charge in [0, 0.05) is 97.5 Å². The number of ether oxygens (including phenoxy) is 3. The number of nitrogens with one attached hydrogen (secondary N) is 2. The van der Waals surface area contributed by atoms with E-state index in [1.165, 1.54) is 31.7 Å². The van der Waals surface area contributed by atoms with E-state index >= 15 is 0 Å². The summed E-state index contributed by atoms with van der Waals surface area (Å²) in [5.74, 6) is 11.0. The molecule has 6 aromatic carbocycles. The van der Waals surface area contributed by atoms with E-state index < -0.39 is 125 Å². The fourth-order valence-electron chi connectivity index (χ4n) is 13.7. The standard InChI is InChI=1S/C19H21F2NO3S.C15H4.C14H20F2N2.C14H17F2NO2.C12H15F2NO.C11H17N.C7H14F2N2.C5H7F3O2.C5H6F2O2.C2H7N/c1-15-7-9-18(10-8-15)26(23,24)25-13-17-12-22(14-19(17,20)21)11-16-5-3-2-4-6-16;1-3-5-7-9-11-13-15-14-12-10-8-6-4-2;1-17(2)9-13-10-18(11-14(13,15)16)8-12-6-4-3-5-7-12;1-19-9-13(18)12-8-17(10-14(12,15)16)7-11-5-3-2-4-6-11;13-12(14)9-15(7-11(12)8-16)6-10-4-2-1-3-5-10;1-3-12(4-2)10-11-8-6-5-7-9-11;1-11(2)4-6-3-10-5-7(6,8)9;1-2-10-4(9)3-5(6,7)8;1-2-9-5(8)3-4(6)7;1-3-2/h2-10,17H,11-14H2,1H3;1H,2H3;3-7,13H,8-11H2,1-2H3;2-6,12H,7-10H2,1H3;1-5,11,16H,6-9H2;5-9H,3-4,10H2,1-2H3;6,10H,3-5H2,1-2H3;2-3H2,1H3;3H,2H2,1H3;3H,1-2H3. The van der Waals surface area contributed by atoms with Gasteiger partial charge in [0.15, 0.2) is 5.78 Å². The van der Waals surface area contributed by atoms with E-state index in [1.807, 2.05) is 180 Å². The lowest BCUT2D eigenvalue weighted by atomic mass is 10.0. The van der Waals surface area contributed by atoms with E-state index in [-0.39, 0.29) is 76.6 Å². The van der Waals surface area contributed by atoms with Crippen molar-refractivity contribution < 1.29 is 112 Å². The highest BCUT2D eigenvalue weighted by molar-refractivity contribution is 7.86. The number of Topliss-reactive ketones (excluding diaryl/α,β-unsaturated/α-hetero) is 1. The smallest absolute Gasteiger partial charge is 0.399 e. The monoisotopic (exact) mass is 1980 g/mol. The molecule has 19 nitrogen and oxygen atoms in total. The molecule has 0 amide bonds. The van der Waals surface area contributed by atoms with Crippen LogP contribution in [0.15, 0.2) is 193 Å². The van der Waals surface area contributed by atoms with E-state index in [1.54, 1.807) is 45.6 Å². The fraction of sp³-hybridized carbons (Fsp3) is 0.471. The molecule has 5 aliphatic rings. The molecule has 5 atom stereocenters. The molecular weight excluding hydrogens is 1850 g/mol. The van der Waals surface area contributed by atoms with Crippen LogP contribution in [-0.4, -0.2) is 275 Å². The third-order valence-corrected chi connectivity index (χ3v) is 21.5. The highest BCUT2D eigenvalue weighted by Crippen LogP contribution is 2.39. The van der Waals surface area contributed by atoms with Gasteiger partial charge in [0.25, 0.3) is 45.8 Å². The minimum atomic E-state index is -4.45. The van der Waals surface area contributed by atoms with Crippen molar-refractivity contribution in [1.82, 2.24) is 44.9 Å². The molecule has 0 bridgehead atoms. The third-order valence-electron chi connectivity index (χ3n) is 20.2. The van der Waals surface area contributed by atoms with Crippen molar-refractivity contribution in [2.24, 2.45) is 29.6 Å². The summed E-state index contributed by atoms with van der Waals surface area (Å²) in [5.41, 5.74) is 6.34. The molecule has 11 rings (SSSR count). The number of terminal acetylenes is 1. The number of nitrogens with zero attached hydrogens (tertiary/aromatic N) is 7. The summed E-state index contributed by atoms with van der Waals surface area (Å²) < 4.78 is 235. The Morgan fingerprint density at radius 1 is 0.525 bits per heavy atom. The van der Waals surface area contributed by atoms with Crippen molar-refractivity contribution >= 4 is 27.8 Å². The number of methoxy groups -OCH3 is 1. The number of likely N-dealkylation sites (tertiary alicyclic amines) is 4. The molecule has 5 fully saturated rings. The molecule has 6 aromatic rings. The van der Waals surface area contributed by atoms with Crippen LogP contribution in [0.3, 0.4) is 0 Å². The van der Waals surface area contributed by atoms with Gasteiger partial charge in [-0.3, -0.25) is 38.3 Å².